The molecule has 0 aromatic heterocycles. The molecule has 1 nitrogen and oxygen atoms in total. The van der Waals surface area contributed by atoms with Crippen LogP contribution in [0.5, 0.6) is 0 Å². The van der Waals surface area contributed by atoms with Crippen LogP contribution in [0.2, 0.25) is 0 Å². The van der Waals surface area contributed by atoms with Crippen LogP contribution < -0.4 is 5.32 Å². The molecule has 1 N–H and O–H groups in total. The third kappa shape index (κ3) is 4.62. The molecule has 0 amide bonds. The van der Waals surface area contributed by atoms with Crippen molar-refractivity contribution in [2.24, 2.45) is 17.8 Å². The van der Waals surface area contributed by atoms with E-state index in [1.54, 1.807) is 0 Å². The van der Waals surface area contributed by atoms with Crippen LogP contribution in [0.4, 0.5) is 0 Å². The summed E-state index contributed by atoms with van der Waals surface area (Å²) < 4.78 is 0. The van der Waals surface area contributed by atoms with E-state index in [1.807, 2.05) is 0 Å². The second-order valence-corrected chi connectivity index (χ2v) is 6.58. The van der Waals surface area contributed by atoms with Crippen molar-refractivity contribution < 1.29 is 0 Å². The second-order valence-electron chi connectivity index (χ2n) is 6.58. The van der Waals surface area contributed by atoms with E-state index in [1.165, 1.54) is 64.3 Å². The van der Waals surface area contributed by atoms with E-state index in [2.05, 4.69) is 19.2 Å². The van der Waals surface area contributed by atoms with Crippen molar-refractivity contribution in [3.63, 3.8) is 0 Å². The van der Waals surface area contributed by atoms with Crippen LogP contribution in [0.15, 0.2) is 0 Å². The first-order valence-corrected chi connectivity index (χ1v) is 8.03. The molecule has 1 heteroatoms. The Kier molecular flexibility index (Phi) is 5.34. The van der Waals surface area contributed by atoms with Gasteiger partial charge in [0.05, 0.1) is 0 Å². The predicted octanol–water partition coefficient (Wildman–Crippen LogP) is 4.37. The quantitative estimate of drug-likeness (QED) is 0.676. The van der Waals surface area contributed by atoms with Crippen molar-refractivity contribution in [2.45, 2.75) is 77.7 Å². The highest BCUT2D eigenvalue weighted by molar-refractivity contribution is 4.82. The van der Waals surface area contributed by atoms with Crippen LogP contribution in [0.3, 0.4) is 0 Å². The van der Waals surface area contributed by atoms with E-state index in [-0.39, 0.29) is 0 Å². The second kappa shape index (κ2) is 6.78. The fourth-order valence-electron chi connectivity index (χ4n) is 3.46. The number of hydrogen-bond donors (Lipinski definition) is 1. The minimum atomic E-state index is 0.832. The molecule has 100 valence electrons. The van der Waals surface area contributed by atoms with E-state index in [0.717, 1.165) is 23.8 Å². The van der Waals surface area contributed by atoms with E-state index in [9.17, 15) is 0 Å². The van der Waals surface area contributed by atoms with Crippen molar-refractivity contribution in [3.05, 3.63) is 0 Å². The number of nitrogens with one attached hydrogen (secondary N) is 1. The fourth-order valence-corrected chi connectivity index (χ4v) is 3.46. The standard InChI is InChI=1S/C16H31N/c1-3-5-14-6-4-7-16(11-8-14)17-12-13(2)15-9-10-15/h13-17H,3-12H2,1-2H3. The predicted molar refractivity (Wildman–Crippen MR) is 75.2 cm³/mol. The lowest BCUT2D eigenvalue weighted by Gasteiger charge is -2.19. The third-order valence-electron chi connectivity index (χ3n) is 4.94. The highest BCUT2D eigenvalue weighted by Crippen LogP contribution is 2.36. The summed E-state index contributed by atoms with van der Waals surface area (Å²) in [7, 11) is 0. The van der Waals surface area contributed by atoms with Crippen molar-refractivity contribution in [3.8, 4) is 0 Å². The summed E-state index contributed by atoms with van der Waals surface area (Å²) in [5, 5.41) is 3.85. The molecule has 2 fully saturated rings. The van der Waals surface area contributed by atoms with Crippen LogP contribution in [0, 0.1) is 17.8 Å². The molecule has 2 rings (SSSR count). The molecule has 0 aromatic carbocycles. The normalized spacial score (nSPS) is 32.1. The highest BCUT2D eigenvalue weighted by atomic mass is 14.9. The monoisotopic (exact) mass is 237 g/mol. The van der Waals surface area contributed by atoms with Gasteiger partial charge in [-0.2, -0.15) is 0 Å². The van der Waals surface area contributed by atoms with Gasteiger partial charge in [0, 0.05) is 6.04 Å². The molecular weight excluding hydrogens is 206 g/mol. The molecule has 0 bridgehead atoms. The first-order chi connectivity index (χ1) is 8.29. The third-order valence-corrected chi connectivity index (χ3v) is 4.94. The van der Waals surface area contributed by atoms with Crippen LogP contribution in [0.1, 0.15) is 71.6 Å². The van der Waals surface area contributed by atoms with Gasteiger partial charge in [-0.25, -0.2) is 0 Å². The first kappa shape index (κ1) is 13.4. The molecule has 0 spiro atoms. The summed E-state index contributed by atoms with van der Waals surface area (Å²) in [4.78, 5) is 0. The zero-order chi connectivity index (χ0) is 12.1. The van der Waals surface area contributed by atoms with Gasteiger partial charge in [0.25, 0.3) is 0 Å². The largest absolute Gasteiger partial charge is 0.314 e. The lowest BCUT2D eigenvalue weighted by molar-refractivity contribution is 0.380. The Morgan fingerprint density at radius 1 is 1.06 bits per heavy atom. The fraction of sp³-hybridized carbons (Fsp3) is 1.00. The molecular formula is C16H31N. The average molecular weight is 237 g/mol. The summed E-state index contributed by atoms with van der Waals surface area (Å²) in [5.41, 5.74) is 0. The molecule has 0 radical (unpaired) electrons. The van der Waals surface area contributed by atoms with Crippen LogP contribution in [0.25, 0.3) is 0 Å². The Balaban J connectivity index is 1.63. The lowest BCUT2D eigenvalue weighted by Crippen LogP contribution is -2.32. The Hall–Kier alpha value is -0.0400. The maximum Gasteiger partial charge on any atom is 0.00672 e. The molecule has 2 aliphatic rings. The van der Waals surface area contributed by atoms with Gasteiger partial charge in [0.2, 0.25) is 0 Å². The van der Waals surface area contributed by atoms with Crippen LogP contribution in [-0.2, 0) is 0 Å². The molecule has 0 aromatic rings. The summed E-state index contributed by atoms with van der Waals surface area (Å²) in [5.74, 6) is 3.01. The first-order valence-electron chi connectivity index (χ1n) is 8.03. The molecule has 3 unspecified atom stereocenters. The van der Waals surface area contributed by atoms with E-state index < -0.39 is 0 Å². The average Bonchev–Trinajstić information content (AvgIpc) is 3.14. The van der Waals surface area contributed by atoms with E-state index in [4.69, 9.17) is 0 Å². The summed E-state index contributed by atoms with van der Waals surface area (Å²) in [6, 6.07) is 0.832. The Labute approximate surface area is 108 Å². The van der Waals surface area contributed by atoms with Gasteiger partial charge < -0.3 is 5.32 Å². The minimum absolute atomic E-state index is 0.832. The summed E-state index contributed by atoms with van der Waals surface area (Å²) >= 11 is 0. The van der Waals surface area contributed by atoms with Gasteiger partial charge in [0.1, 0.15) is 0 Å². The Bertz CT molecular complexity index is 210. The Morgan fingerprint density at radius 3 is 2.59 bits per heavy atom. The van der Waals surface area contributed by atoms with Gasteiger partial charge in [-0.1, -0.05) is 39.5 Å². The van der Waals surface area contributed by atoms with Gasteiger partial charge in [-0.05, 0) is 56.4 Å². The van der Waals surface area contributed by atoms with E-state index in [0.29, 0.717) is 0 Å². The van der Waals surface area contributed by atoms with Crippen molar-refractivity contribution in [1.82, 2.24) is 5.32 Å². The maximum absolute atomic E-state index is 3.85. The molecule has 17 heavy (non-hydrogen) atoms. The molecule has 2 saturated carbocycles. The van der Waals surface area contributed by atoms with Crippen molar-refractivity contribution in [2.75, 3.05) is 6.54 Å². The van der Waals surface area contributed by atoms with Crippen LogP contribution >= 0.6 is 0 Å². The smallest absolute Gasteiger partial charge is 0.00672 e. The van der Waals surface area contributed by atoms with E-state index >= 15 is 0 Å². The highest BCUT2D eigenvalue weighted by Gasteiger charge is 2.28. The van der Waals surface area contributed by atoms with Gasteiger partial charge >= 0.3 is 0 Å². The Morgan fingerprint density at radius 2 is 1.88 bits per heavy atom. The molecule has 0 heterocycles. The molecule has 3 atom stereocenters. The number of hydrogen-bond acceptors (Lipinski definition) is 1. The lowest BCUT2D eigenvalue weighted by atomic mass is 9.95. The topological polar surface area (TPSA) is 12.0 Å². The summed E-state index contributed by atoms with van der Waals surface area (Å²) in [6.45, 7) is 6.03. The molecule has 2 aliphatic carbocycles. The zero-order valence-electron chi connectivity index (χ0n) is 11.9. The minimum Gasteiger partial charge on any atom is -0.314 e. The van der Waals surface area contributed by atoms with Gasteiger partial charge in [-0.3, -0.25) is 0 Å². The number of rotatable bonds is 6. The molecule has 0 saturated heterocycles. The molecule has 0 aliphatic heterocycles. The zero-order valence-corrected chi connectivity index (χ0v) is 11.9. The van der Waals surface area contributed by atoms with Crippen LogP contribution in [-0.4, -0.2) is 12.6 Å². The summed E-state index contributed by atoms with van der Waals surface area (Å²) in [6.07, 6.45) is 13.1. The SMILES string of the molecule is CCCC1CCCC(NCC(C)C2CC2)CC1. The van der Waals surface area contributed by atoms with Gasteiger partial charge in [0.15, 0.2) is 0 Å². The van der Waals surface area contributed by atoms with Gasteiger partial charge in [-0.15, -0.1) is 0 Å². The maximum atomic E-state index is 3.85. The van der Waals surface area contributed by atoms with Crippen molar-refractivity contribution >= 4 is 0 Å². The van der Waals surface area contributed by atoms with Crippen molar-refractivity contribution in [1.29, 1.82) is 0 Å².